The fourth-order valence-electron chi connectivity index (χ4n) is 2.37. The fourth-order valence-corrected chi connectivity index (χ4v) is 2.37. The summed E-state index contributed by atoms with van der Waals surface area (Å²) in [5.74, 6) is 0.757. The van der Waals surface area contributed by atoms with E-state index >= 15 is 0 Å². The molecule has 0 bridgehead atoms. The zero-order valence-electron chi connectivity index (χ0n) is 11.6. The van der Waals surface area contributed by atoms with Crippen molar-refractivity contribution in [2.45, 2.75) is 19.4 Å². The van der Waals surface area contributed by atoms with E-state index in [2.05, 4.69) is 15.6 Å². The molecule has 0 spiro atoms. The highest BCUT2D eigenvalue weighted by Gasteiger charge is 2.18. The number of carbonyl (C=O) groups is 1. The maximum absolute atomic E-state index is 11.4. The lowest BCUT2D eigenvalue weighted by atomic mass is 10.0. The molecule has 1 aromatic carbocycles. The maximum Gasteiger partial charge on any atom is 0.228 e. The van der Waals surface area contributed by atoms with Gasteiger partial charge in [-0.1, -0.05) is 12.1 Å². The number of amides is 1. The molecule has 1 aromatic heterocycles. The van der Waals surface area contributed by atoms with Gasteiger partial charge < -0.3 is 10.6 Å². The van der Waals surface area contributed by atoms with E-state index in [0.717, 1.165) is 22.6 Å². The number of nitrogens with zero attached hydrogens (tertiary/aromatic N) is 2. The van der Waals surface area contributed by atoms with Crippen molar-refractivity contribution in [3.05, 3.63) is 53.2 Å². The summed E-state index contributed by atoms with van der Waals surface area (Å²) in [5.41, 5.74) is 3.55. The topological polar surface area (TPSA) is 77.8 Å². The standard InChI is InChI=1S/C16H14N4O/c1-10(19-15-5-2-11(8-17)9-18-15)12-3-4-14-13(6-12)7-16(21)20-14/h2-6,9-10H,7H2,1H3,(H,18,19)(H,20,21). The van der Waals surface area contributed by atoms with E-state index < -0.39 is 0 Å². The molecule has 2 N–H and O–H groups in total. The number of nitrogens with one attached hydrogen (secondary N) is 2. The zero-order valence-corrected chi connectivity index (χ0v) is 11.6. The smallest absolute Gasteiger partial charge is 0.228 e. The highest BCUT2D eigenvalue weighted by molar-refractivity contribution is 5.99. The van der Waals surface area contributed by atoms with Crippen molar-refractivity contribution < 1.29 is 4.79 Å². The van der Waals surface area contributed by atoms with Crippen LogP contribution in [0.5, 0.6) is 0 Å². The summed E-state index contributed by atoms with van der Waals surface area (Å²) in [7, 11) is 0. The quantitative estimate of drug-likeness (QED) is 0.904. The lowest BCUT2D eigenvalue weighted by Crippen LogP contribution is -2.08. The second-order valence-electron chi connectivity index (χ2n) is 5.05. The summed E-state index contributed by atoms with van der Waals surface area (Å²) in [6, 6.07) is 11.6. The van der Waals surface area contributed by atoms with Gasteiger partial charge in [0.25, 0.3) is 0 Å². The number of rotatable bonds is 3. The van der Waals surface area contributed by atoms with Gasteiger partial charge >= 0.3 is 0 Å². The first-order chi connectivity index (χ1) is 10.2. The van der Waals surface area contributed by atoms with Gasteiger partial charge in [0.2, 0.25) is 5.91 Å². The zero-order chi connectivity index (χ0) is 14.8. The van der Waals surface area contributed by atoms with Crippen LogP contribution >= 0.6 is 0 Å². The monoisotopic (exact) mass is 278 g/mol. The van der Waals surface area contributed by atoms with E-state index in [1.807, 2.05) is 31.2 Å². The second-order valence-corrected chi connectivity index (χ2v) is 5.05. The van der Waals surface area contributed by atoms with Crippen molar-refractivity contribution in [1.82, 2.24) is 4.98 Å². The molecule has 0 aliphatic carbocycles. The van der Waals surface area contributed by atoms with E-state index in [1.165, 1.54) is 0 Å². The lowest BCUT2D eigenvalue weighted by molar-refractivity contribution is -0.115. The number of aromatic nitrogens is 1. The third kappa shape index (κ3) is 2.70. The molecule has 3 rings (SSSR count). The van der Waals surface area contributed by atoms with Crippen LogP contribution in [0.25, 0.3) is 0 Å². The van der Waals surface area contributed by atoms with Crippen LogP contribution in [0, 0.1) is 11.3 Å². The Hall–Kier alpha value is -2.87. The number of fused-ring (bicyclic) bond motifs is 1. The van der Waals surface area contributed by atoms with Crippen molar-refractivity contribution in [1.29, 1.82) is 5.26 Å². The van der Waals surface area contributed by atoms with Crippen LogP contribution in [0.3, 0.4) is 0 Å². The summed E-state index contributed by atoms with van der Waals surface area (Å²) in [5, 5.41) is 14.9. The highest BCUT2D eigenvalue weighted by atomic mass is 16.1. The molecule has 5 nitrogen and oxygen atoms in total. The van der Waals surface area contributed by atoms with Crippen LogP contribution in [0.4, 0.5) is 11.5 Å². The first-order valence-corrected chi connectivity index (χ1v) is 6.71. The minimum atomic E-state index is 0.0384. The van der Waals surface area contributed by atoms with Gasteiger partial charge in [0.05, 0.1) is 12.0 Å². The van der Waals surface area contributed by atoms with Gasteiger partial charge in [0.1, 0.15) is 11.9 Å². The number of anilines is 2. The van der Waals surface area contributed by atoms with E-state index in [0.29, 0.717) is 12.0 Å². The molecular formula is C16H14N4O. The Labute approximate surface area is 122 Å². The lowest BCUT2D eigenvalue weighted by Gasteiger charge is -2.15. The maximum atomic E-state index is 11.4. The Kier molecular flexibility index (Phi) is 3.28. The minimum absolute atomic E-state index is 0.0384. The largest absolute Gasteiger partial charge is 0.364 e. The molecule has 21 heavy (non-hydrogen) atoms. The van der Waals surface area contributed by atoms with Crippen LogP contribution in [0.2, 0.25) is 0 Å². The molecule has 1 atom stereocenters. The number of nitriles is 1. The third-order valence-corrected chi connectivity index (χ3v) is 3.51. The van der Waals surface area contributed by atoms with E-state index in [4.69, 9.17) is 5.26 Å². The van der Waals surface area contributed by atoms with Crippen LogP contribution in [-0.2, 0) is 11.2 Å². The van der Waals surface area contributed by atoms with Crippen molar-refractivity contribution in [2.75, 3.05) is 10.6 Å². The first kappa shape index (κ1) is 13.1. The van der Waals surface area contributed by atoms with Gasteiger partial charge in [0, 0.05) is 17.9 Å². The summed E-state index contributed by atoms with van der Waals surface area (Å²) >= 11 is 0. The molecule has 0 saturated heterocycles. The number of benzene rings is 1. The van der Waals surface area contributed by atoms with Gasteiger partial charge in [0.15, 0.2) is 0 Å². The molecule has 0 saturated carbocycles. The molecule has 0 fully saturated rings. The second kappa shape index (κ2) is 5.25. The highest BCUT2D eigenvalue weighted by Crippen LogP contribution is 2.27. The summed E-state index contributed by atoms with van der Waals surface area (Å²) < 4.78 is 0. The average Bonchev–Trinajstić information content (AvgIpc) is 2.87. The number of pyridine rings is 1. The molecule has 1 unspecified atom stereocenters. The molecule has 1 amide bonds. The van der Waals surface area contributed by atoms with Crippen LogP contribution < -0.4 is 10.6 Å². The minimum Gasteiger partial charge on any atom is -0.364 e. The summed E-state index contributed by atoms with van der Waals surface area (Å²) in [6.45, 7) is 2.03. The van der Waals surface area contributed by atoms with Crippen molar-refractivity contribution in [3.63, 3.8) is 0 Å². The summed E-state index contributed by atoms with van der Waals surface area (Å²) in [4.78, 5) is 15.6. The predicted molar refractivity (Wildman–Crippen MR) is 79.8 cm³/mol. The van der Waals surface area contributed by atoms with Crippen molar-refractivity contribution in [2.24, 2.45) is 0 Å². The number of hydrogen-bond acceptors (Lipinski definition) is 4. The molecular weight excluding hydrogens is 264 g/mol. The van der Waals surface area contributed by atoms with E-state index in [-0.39, 0.29) is 11.9 Å². The molecule has 1 aliphatic heterocycles. The SMILES string of the molecule is CC(Nc1ccc(C#N)cn1)c1ccc2c(c1)CC(=O)N2. The fraction of sp³-hybridized carbons (Fsp3) is 0.188. The molecule has 0 radical (unpaired) electrons. The van der Waals surface area contributed by atoms with Crippen LogP contribution in [0.1, 0.15) is 29.7 Å². The Morgan fingerprint density at radius 3 is 2.95 bits per heavy atom. The van der Waals surface area contributed by atoms with Crippen LogP contribution in [-0.4, -0.2) is 10.9 Å². The van der Waals surface area contributed by atoms with Crippen LogP contribution in [0.15, 0.2) is 36.5 Å². The molecule has 2 aromatic rings. The molecule has 2 heterocycles. The molecule has 1 aliphatic rings. The summed E-state index contributed by atoms with van der Waals surface area (Å²) in [6.07, 6.45) is 1.98. The predicted octanol–water partition coefficient (Wildman–Crippen LogP) is 2.62. The van der Waals surface area contributed by atoms with Crippen molar-refractivity contribution >= 4 is 17.4 Å². The van der Waals surface area contributed by atoms with E-state index in [1.54, 1.807) is 18.3 Å². The number of hydrogen-bond donors (Lipinski definition) is 2. The van der Waals surface area contributed by atoms with Gasteiger partial charge in [-0.3, -0.25) is 4.79 Å². The normalized spacial score (nSPS) is 14.0. The van der Waals surface area contributed by atoms with Gasteiger partial charge in [-0.05, 0) is 36.2 Å². The average molecular weight is 278 g/mol. The first-order valence-electron chi connectivity index (χ1n) is 6.71. The Bertz CT molecular complexity index is 731. The third-order valence-electron chi connectivity index (χ3n) is 3.51. The van der Waals surface area contributed by atoms with Gasteiger partial charge in [-0.25, -0.2) is 4.98 Å². The molecule has 104 valence electrons. The Balaban J connectivity index is 1.76. The number of carbonyl (C=O) groups excluding carboxylic acids is 1. The Morgan fingerprint density at radius 2 is 2.24 bits per heavy atom. The Morgan fingerprint density at radius 1 is 1.38 bits per heavy atom. The van der Waals surface area contributed by atoms with Crippen molar-refractivity contribution in [3.8, 4) is 6.07 Å². The van der Waals surface area contributed by atoms with E-state index in [9.17, 15) is 4.79 Å². The molecule has 5 heteroatoms. The van der Waals surface area contributed by atoms with Gasteiger partial charge in [-0.2, -0.15) is 5.26 Å². The van der Waals surface area contributed by atoms with Gasteiger partial charge in [-0.15, -0.1) is 0 Å².